The summed E-state index contributed by atoms with van der Waals surface area (Å²) in [6, 6.07) is 0. The van der Waals surface area contributed by atoms with Crippen LogP contribution in [0.4, 0.5) is 5.82 Å². The van der Waals surface area contributed by atoms with Crippen molar-refractivity contribution < 1.29 is 14.7 Å². The Morgan fingerprint density at radius 2 is 2.00 bits per heavy atom. The molecule has 0 spiro atoms. The lowest BCUT2D eigenvalue weighted by Crippen LogP contribution is -2.30. The van der Waals surface area contributed by atoms with Gasteiger partial charge in [0.05, 0.1) is 11.8 Å². The van der Waals surface area contributed by atoms with Crippen molar-refractivity contribution in [1.29, 1.82) is 0 Å². The molecule has 20 heavy (non-hydrogen) atoms. The number of anilines is 1. The normalized spacial score (nSPS) is 25.6. The predicted octanol–water partition coefficient (Wildman–Crippen LogP) is 2.10. The maximum atomic E-state index is 12.3. The molecule has 1 aliphatic carbocycles. The van der Waals surface area contributed by atoms with E-state index in [0.717, 1.165) is 17.7 Å². The first-order valence-electron chi connectivity index (χ1n) is 6.99. The highest BCUT2D eigenvalue weighted by atomic mass is 16.4. The van der Waals surface area contributed by atoms with Crippen LogP contribution in [-0.2, 0) is 9.59 Å². The Kier molecular flexibility index (Phi) is 4.11. The molecule has 1 fully saturated rings. The lowest BCUT2D eigenvalue weighted by atomic mass is 9.95. The SMILES string of the molecule is CCC1C[C@H](C(=O)Nc2n[nH]c(C)c2C)[C@H](C(=O)O)C1. The number of carbonyl (C=O) groups excluding carboxylic acids is 1. The number of amides is 1. The van der Waals surface area contributed by atoms with Crippen LogP contribution in [0.2, 0.25) is 0 Å². The van der Waals surface area contributed by atoms with Gasteiger partial charge in [-0.05, 0) is 32.6 Å². The van der Waals surface area contributed by atoms with Crippen LogP contribution < -0.4 is 5.32 Å². The number of aryl methyl sites for hydroxylation is 1. The zero-order valence-electron chi connectivity index (χ0n) is 12.1. The van der Waals surface area contributed by atoms with E-state index < -0.39 is 17.8 Å². The molecule has 0 bridgehead atoms. The maximum absolute atomic E-state index is 12.3. The van der Waals surface area contributed by atoms with Crippen LogP contribution in [-0.4, -0.2) is 27.2 Å². The Labute approximate surface area is 118 Å². The molecule has 1 amide bonds. The summed E-state index contributed by atoms with van der Waals surface area (Å²) >= 11 is 0. The third-order valence-electron chi connectivity index (χ3n) is 4.39. The minimum absolute atomic E-state index is 0.233. The minimum atomic E-state index is -0.879. The van der Waals surface area contributed by atoms with Crippen molar-refractivity contribution in [3.63, 3.8) is 0 Å². The highest BCUT2D eigenvalue weighted by molar-refractivity contribution is 5.95. The first-order valence-corrected chi connectivity index (χ1v) is 6.99. The second-order valence-electron chi connectivity index (χ2n) is 5.61. The average molecular weight is 279 g/mol. The maximum Gasteiger partial charge on any atom is 0.307 e. The van der Waals surface area contributed by atoms with Crippen LogP contribution >= 0.6 is 0 Å². The number of aromatic amines is 1. The predicted molar refractivity (Wildman–Crippen MR) is 74.3 cm³/mol. The van der Waals surface area contributed by atoms with Crippen molar-refractivity contribution >= 4 is 17.7 Å². The van der Waals surface area contributed by atoms with E-state index in [1.165, 1.54) is 0 Å². The summed E-state index contributed by atoms with van der Waals surface area (Å²) in [4.78, 5) is 23.6. The highest BCUT2D eigenvalue weighted by Crippen LogP contribution is 2.39. The standard InChI is InChI=1S/C14H21N3O3/c1-4-9-5-10(11(6-9)14(19)20)13(18)15-12-7(2)8(3)16-17-12/h9-11H,4-6H2,1-3H3,(H,19,20)(H2,15,16,17,18)/t9?,10-,11+/m0/s1. The molecule has 1 unspecified atom stereocenters. The Morgan fingerprint density at radius 1 is 1.35 bits per heavy atom. The van der Waals surface area contributed by atoms with Crippen LogP contribution in [0.3, 0.4) is 0 Å². The molecule has 0 saturated heterocycles. The molecule has 110 valence electrons. The topological polar surface area (TPSA) is 95.1 Å². The zero-order chi connectivity index (χ0) is 14.9. The molecule has 1 aromatic heterocycles. The van der Waals surface area contributed by atoms with E-state index in [1.807, 2.05) is 20.8 Å². The number of aliphatic carboxylic acids is 1. The lowest BCUT2D eigenvalue weighted by Gasteiger charge is -2.14. The number of hydrogen-bond donors (Lipinski definition) is 3. The first-order chi connectivity index (χ1) is 9.43. The number of aromatic nitrogens is 2. The van der Waals surface area contributed by atoms with Gasteiger partial charge in [-0.2, -0.15) is 5.10 Å². The summed E-state index contributed by atoms with van der Waals surface area (Å²) in [6.45, 7) is 5.78. The van der Waals surface area contributed by atoms with Crippen LogP contribution in [0.5, 0.6) is 0 Å². The number of H-pyrrole nitrogens is 1. The fourth-order valence-corrected chi connectivity index (χ4v) is 2.86. The van der Waals surface area contributed by atoms with Crippen molar-refractivity contribution in [2.45, 2.75) is 40.0 Å². The summed E-state index contributed by atoms with van der Waals surface area (Å²) in [5, 5.41) is 18.9. The van der Waals surface area contributed by atoms with Gasteiger partial charge in [-0.3, -0.25) is 14.7 Å². The van der Waals surface area contributed by atoms with E-state index in [9.17, 15) is 14.7 Å². The Bertz CT molecular complexity index is 524. The van der Waals surface area contributed by atoms with Crippen LogP contribution in [0, 0.1) is 31.6 Å². The molecule has 2 rings (SSSR count). The molecular weight excluding hydrogens is 258 g/mol. The average Bonchev–Trinajstić information content (AvgIpc) is 2.97. The summed E-state index contributed by atoms with van der Waals surface area (Å²) in [5.41, 5.74) is 1.78. The van der Waals surface area contributed by atoms with E-state index >= 15 is 0 Å². The molecular formula is C14H21N3O3. The fraction of sp³-hybridized carbons (Fsp3) is 0.643. The summed E-state index contributed by atoms with van der Waals surface area (Å²) < 4.78 is 0. The van der Waals surface area contributed by atoms with Gasteiger partial charge in [0.25, 0.3) is 0 Å². The molecule has 1 aliphatic rings. The largest absolute Gasteiger partial charge is 0.481 e. The van der Waals surface area contributed by atoms with Gasteiger partial charge in [-0.1, -0.05) is 13.3 Å². The van der Waals surface area contributed by atoms with Gasteiger partial charge < -0.3 is 10.4 Å². The summed E-state index contributed by atoms with van der Waals surface area (Å²) in [7, 11) is 0. The zero-order valence-corrected chi connectivity index (χ0v) is 12.1. The third kappa shape index (κ3) is 2.69. The number of nitrogens with one attached hydrogen (secondary N) is 2. The number of carboxylic acids is 1. The number of carbonyl (C=O) groups is 2. The third-order valence-corrected chi connectivity index (χ3v) is 4.39. The van der Waals surface area contributed by atoms with Crippen molar-refractivity contribution in [3.05, 3.63) is 11.3 Å². The van der Waals surface area contributed by atoms with Gasteiger partial charge in [0.1, 0.15) is 0 Å². The summed E-state index contributed by atoms with van der Waals surface area (Å²) in [6.07, 6.45) is 2.14. The van der Waals surface area contributed by atoms with E-state index in [1.54, 1.807) is 0 Å². The van der Waals surface area contributed by atoms with Crippen molar-refractivity contribution in [1.82, 2.24) is 10.2 Å². The first kappa shape index (κ1) is 14.6. The second-order valence-corrected chi connectivity index (χ2v) is 5.61. The number of rotatable bonds is 4. The minimum Gasteiger partial charge on any atom is -0.481 e. The molecule has 0 aliphatic heterocycles. The molecule has 3 N–H and O–H groups in total. The van der Waals surface area contributed by atoms with Crippen LogP contribution in [0.1, 0.15) is 37.4 Å². The molecule has 6 heteroatoms. The molecule has 1 saturated carbocycles. The van der Waals surface area contributed by atoms with Crippen molar-refractivity contribution in [2.75, 3.05) is 5.32 Å². The van der Waals surface area contributed by atoms with E-state index in [2.05, 4.69) is 15.5 Å². The monoisotopic (exact) mass is 279 g/mol. The quantitative estimate of drug-likeness (QED) is 0.786. The van der Waals surface area contributed by atoms with Gasteiger partial charge in [0.2, 0.25) is 5.91 Å². The van der Waals surface area contributed by atoms with Crippen LogP contribution in [0.15, 0.2) is 0 Å². The van der Waals surface area contributed by atoms with Gasteiger partial charge in [0.15, 0.2) is 5.82 Å². The fourth-order valence-electron chi connectivity index (χ4n) is 2.86. The molecule has 1 aromatic rings. The Hall–Kier alpha value is -1.85. The Balaban J connectivity index is 2.11. The van der Waals surface area contributed by atoms with E-state index in [-0.39, 0.29) is 5.91 Å². The molecule has 3 atom stereocenters. The number of nitrogens with zero attached hydrogens (tertiary/aromatic N) is 1. The molecule has 0 radical (unpaired) electrons. The number of carboxylic acid groups (broad SMARTS) is 1. The molecule has 1 heterocycles. The summed E-state index contributed by atoms with van der Waals surface area (Å²) in [5.74, 6) is -1.35. The smallest absolute Gasteiger partial charge is 0.307 e. The van der Waals surface area contributed by atoms with Crippen molar-refractivity contribution in [2.24, 2.45) is 17.8 Å². The van der Waals surface area contributed by atoms with Gasteiger partial charge >= 0.3 is 5.97 Å². The molecule has 0 aromatic carbocycles. The highest BCUT2D eigenvalue weighted by Gasteiger charge is 2.42. The lowest BCUT2D eigenvalue weighted by molar-refractivity contribution is -0.145. The van der Waals surface area contributed by atoms with Gasteiger partial charge in [-0.15, -0.1) is 0 Å². The van der Waals surface area contributed by atoms with Crippen LogP contribution in [0.25, 0.3) is 0 Å². The Morgan fingerprint density at radius 3 is 2.50 bits per heavy atom. The van der Waals surface area contributed by atoms with E-state index in [0.29, 0.717) is 24.6 Å². The van der Waals surface area contributed by atoms with Crippen molar-refractivity contribution in [3.8, 4) is 0 Å². The second kappa shape index (κ2) is 5.64. The van der Waals surface area contributed by atoms with E-state index in [4.69, 9.17) is 0 Å². The van der Waals surface area contributed by atoms with Gasteiger partial charge in [0, 0.05) is 11.3 Å². The number of hydrogen-bond acceptors (Lipinski definition) is 3. The molecule has 6 nitrogen and oxygen atoms in total. The van der Waals surface area contributed by atoms with Gasteiger partial charge in [-0.25, -0.2) is 0 Å².